The van der Waals surface area contributed by atoms with Crippen LogP contribution in [0.25, 0.3) is 0 Å². The van der Waals surface area contributed by atoms with E-state index in [0.29, 0.717) is 17.1 Å². The monoisotopic (exact) mass is 271 g/mol. The molecule has 1 amide bonds. The number of fused-ring (bicyclic) bond motifs is 1. The molecule has 0 bridgehead atoms. The highest BCUT2D eigenvalue weighted by atomic mass is 35.5. The molecule has 1 aliphatic heterocycles. The fourth-order valence-corrected chi connectivity index (χ4v) is 2.69. The van der Waals surface area contributed by atoms with Gasteiger partial charge in [0.25, 0.3) is 5.91 Å². The SMILES string of the molecule is O=C(c1ccccc1Cl)N1CCc2ccccc2C1. The summed E-state index contributed by atoms with van der Waals surface area (Å²) in [6.07, 6.45) is 0.909. The van der Waals surface area contributed by atoms with Crippen molar-refractivity contribution in [2.45, 2.75) is 13.0 Å². The van der Waals surface area contributed by atoms with E-state index in [9.17, 15) is 4.79 Å². The van der Waals surface area contributed by atoms with Crippen LogP contribution in [0.5, 0.6) is 0 Å². The Kier molecular flexibility index (Phi) is 3.26. The maximum Gasteiger partial charge on any atom is 0.255 e. The molecule has 1 heterocycles. The zero-order valence-corrected chi connectivity index (χ0v) is 11.2. The molecule has 0 unspecified atom stereocenters. The lowest BCUT2D eigenvalue weighted by Crippen LogP contribution is -2.36. The number of hydrogen-bond acceptors (Lipinski definition) is 1. The van der Waals surface area contributed by atoms with E-state index >= 15 is 0 Å². The normalized spacial score (nSPS) is 14.1. The van der Waals surface area contributed by atoms with E-state index in [2.05, 4.69) is 12.1 Å². The van der Waals surface area contributed by atoms with Crippen molar-refractivity contribution in [3.63, 3.8) is 0 Å². The highest BCUT2D eigenvalue weighted by Crippen LogP contribution is 2.23. The largest absolute Gasteiger partial charge is 0.334 e. The number of carbonyl (C=O) groups is 1. The summed E-state index contributed by atoms with van der Waals surface area (Å²) in [6.45, 7) is 1.42. The average Bonchev–Trinajstić information content (AvgIpc) is 2.46. The maximum absolute atomic E-state index is 12.5. The molecule has 2 nitrogen and oxygen atoms in total. The molecule has 0 spiro atoms. The summed E-state index contributed by atoms with van der Waals surface area (Å²) in [5, 5.41) is 0.520. The third kappa shape index (κ3) is 2.36. The Morgan fingerprint density at radius 1 is 1.00 bits per heavy atom. The van der Waals surface area contributed by atoms with Gasteiger partial charge in [-0.1, -0.05) is 48.0 Å². The van der Waals surface area contributed by atoms with Crippen molar-refractivity contribution in [3.05, 3.63) is 70.2 Å². The molecule has 3 heteroatoms. The maximum atomic E-state index is 12.5. The van der Waals surface area contributed by atoms with Gasteiger partial charge in [0.2, 0.25) is 0 Å². The van der Waals surface area contributed by atoms with Gasteiger partial charge >= 0.3 is 0 Å². The number of amides is 1. The third-order valence-corrected chi connectivity index (χ3v) is 3.85. The zero-order valence-electron chi connectivity index (χ0n) is 10.5. The summed E-state index contributed by atoms with van der Waals surface area (Å²) >= 11 is 6.09. The van der Waals surface area contributed by atoms with Gasteiger partial charge in [-0.05, 0) is 29.7 Å². The zero-order chi connectivity index (χ0) is 13.2. The van der Waals surface area contributed by atoms with Crippen LogP contribution in [-0.2, 0) is 13.0 Å². The first-order valence-corrected chi connectivity index (χ1v) is 6.74. The molecule has 0 atom stereocenters. The lowest BCUT2D eigenvalue weighted by atomic mass is 9.99. The summed E-state index contributed by atoms with van der Waals surface area (Å²) in [6, 6.07) is 15.5. The molecule has 0 saturated carbocycles. The lowest BCUT2D eigenvalue weighted by Gasteiger charge is -2.29. The van der Waals surface area contributed by atoms with Gasteiger partial charge in [-0.15, -0.1) is 0 Å². The summed E-state index contributed by atoms with van der Waals surface area (Å²) in [7, 11) is 0. The number of benzene rings is 2. The topological polar surface area (TPSA) is 20.3 Å². The molecule has 1 aliphatic rings. The molecule has 0 fully saturated rings. The van der Waals surface area contributed by atoms with Gasteiger partial charge in [-0.25, -0.2) is 0 Å². The van der Waals surface area contributed by atoms with Crippen LogP contribution in [0.3, 0.4) is 0 Å². The predicted molar refractivity (Wildman–Crippen MR) is 76.3 cm³/mol. The van der Waals surface area contributed by atoms with Crippen molar-refractivity contribution in [1.82, 2.24) is 4.90 Å². The van der Waals surface area contributed by atoms with Gasteiger partial charge in [0.05, 0.1) is 10.6 Å². The van der Waals surface area contributed by atoms with E-state index in [-0.39, 0.29) is 5.91 Å². The van der Waals surface area contributed by atoms with Crippen molar-refractivity contribution in [3.8, 4) is 0 Å². The Morgan fingerprint density at radius 3 is 2.47 bits per heavy atom. The summed E-state index contributed by atoms with van der Waals surface area (Å²) in [5.74, 6) is 0.0140. The standard InChI is InChI=1S/C16H14ClNO/c17-15-8-4-3-7-14(15)16(19)18-10-9-12-5-1-2-6-13(12)11-18/h1-8H,9-11H2. The number of hydrogen-bond donors (Lipinski definition) is 0. The predicted octanol–water partition coefficient (Wildman–Crippen LogP) is 3.54. The fourth-order valence-electron chi connectivity index (χ4n) is 2.47. The Morgan fingerprint density at radius 2 is 1.68 bits per heavy atom. The van der Waals surface area contributed by atoms with E-state index in [0.717, 1.165) is 13.0 Å². The molecule has 0 radical (unpaired) electrons. The van der Waals surface area contributed by atoms with Crippen molar-refractivity contribution >= 4 is 17.5 Å². The Balaban J connectivity index is 1.86. The van der Waals surface area contributed by atoms with Gasteiger partial charge in [0.1, 0.15) is 0 Å². The van der Waals surface area contributed by atoms with Crippen molar-refractivity contribution in [2.75, 3.05) is 6.54 Å². The van der Waals surface area contributed by atoms with Gasteiger partial charge < -0.3 is 4.90 Å². The first-order valence-electron chi connectivity index (χ1n) is 6.36. The molecule has 19 heavy (non-hydrogen) atoms. The molecule has 0 aromatic heterocycles. The van der Waals surface area contributed by atoms with Gasteiger partial charge in [-0.3, -0.25) is 4.79 Å². The lowest BCUT2D eigenvalue weighted by molar-refractivity contribution is 0.0735. The van der Waals surface area contributed by atoms with E-state index in [1.54, 1.807) is 12.1 Å². The minimum Gasteiger partial charge on any atom is -0.334 e. The number of rotatable bonds is 1. The van der Waals surface area contributed by atoms with Crippen LogP contribution < -0.4 is 0 Å². The van der Waals surface area contributed by atoms with Gasteiger partial charge in [0.15, 0.2) is 0 Å². The molecule has 96 valence electrons. The fraction of sp³-hybridized carbons (Fsp3) is 0.188. The number of carbonyl (C=O) groups excluding carboxylic acids is 1. The van der Waals surface area contributed by atoms with Crippen LogP contribution in [0, 0.1) is 0 Å². The summed E-state index contributed by atoms with van der Waals surface area (Å²) in [5.41, 5.74) is 3.16. The van der Waals surface area contributed by atoms with Crippen molar-refractivity contribution in [1.29, 1.82) is 0 Å². The first-order chi connectivity index (χ1) is 9.25. The van der Waals surface area contributed by atoms with Crippen LogP contribution in [0.1, 0.15) is 21.5 Å². The van der Waals surface area contributed by atoms with E-state index in [1.165, 1.54) is 11.1 Å². The minimum atomic E-state index is 0.0140. The number of halogens is 1. The molecular formula is C16H14ClNO. The third-order valence-electron chi connectivity index (χ3n) is 3.52. The second-order valence-corrected chi connectivity index (χ2v) is 5.13. The first kappa shape index (κ1) is 12.2. The average molecular weight is 272 g/mol. The Bertz CT molecular complexity index is 624. The summed E-state index contributed by atoms with van der Waals surface area (Å²) in [4.78, 5) is 14.3. The van der Waals surface area contributed by atoms with Crippen LogP contribution in [0.2, 0.25) is 5.02 Å². The molecule has 3 rings (SSSR count). The van der Waals surface area contributed by atoms with Crippen LogP contribution in [-0.4, -0.2) is 17.4 Å². The van der Waals surface area contributed by atoms with Crippen molar-refractivity contribution < 1.29 is 4.79 Å². The van der Waals surface area contributed by atoms with Crippen LogP contribution in [0.4, 0.5) is 0 Å². The molecule has 0 saturated heterocycles. The Hall–Kier alpha value is -1.80. The minimum absolute atomic E-state index is 0.0140. The van der Waals surface area contributed by atoms with Gasteiger partial charge in [-0.2, -0.15) is 0 Å². The highest BCUT2D eigenvalue weighted by Gasteiger charge is 2.22. The van der Waals surface area contributed by atoms with E-state index in [4.69, 9.17) is 11.6 Å². The van der Waals surface area contributed by atoms with Crippen LogP contribution in [0.15, 0.2) is 48.5 Å². The second kappa shape index (κ2) is 5.06. The van der Waals surface area contributed by atoms with E-state index in [1.807, 2.05) is 29.2 Å². The summed E-state index contributed by atoms with van der Waals surface area (Å²) < 4.78 is 0. The number of nitrogens with zero attached hydrogens (tertiary/aromatic N) is 1. The molecule has 2 aromatic rings. The molecule has 2 aromatic carbocycles. The molecular weight excluding hydrogens is 258 g/mol. The Labute approximate surface area is 117 Å². The van der Waals surface area contributed by atoms with Crippen LogP contribution >= 0.6 is 11.6 Å². The molecule has 0 aliphatic carbocycles. The van der Waals surface area contributed by atoms with Crippen molar-refractivity contribution in [2.24, 2.45) is 0 Å². The highest BCUT2D eigenvalue weighted by molar-refractivity contribution is 6.33. The second-order valence-electron chi connectivity index (χ2n) is 4.73. The smallest absolute Gasteiger partial charge is 0.255 e. The molecule has 0 N–H and O–H groups in total. The quantitative estimate of drug-likeness (QED) is 0.777. The van der Waals surface area contributed by atoms with Gasteiger partial charge in [0, 0.05) is 13.1 Å². The van der Waals surface area contributed by atoms with E-state index < -0.39 is 0 Å².